The van der Waals surface area contributed by atoms with Crippen LogP contribution in [-0.2, 0) is 4.79 Å². The molecule has 4 nitrogen and oxygen atoms in total. The zero-order valence-electron chi connectivity index (χ0n) is 12.5. The van der Waals surface area contributed by atoms with Crippen molar-refractivity contribution in [3.05, 3.63) is 35.9 Å². The van der Waals surface area contributed by atoms with E-state index in [0.29, 0.717) is 6.42 Å². The number of rotatable bonds is 5. The highest BCUT2D eigenvalue weighted by atomic mass is 16.2. The Kier molecular flexibility index (Phi) is 5.56. The Hall–Kier alpha value is -1.39. The van der Waals surface area contributed by atoms with Gasteiger partial charge < -0.3 is 15.1 Å². The van der Waals surface area contributed by atoms with Crippen LogP contribution in [-0.4, -0.2) is 55.5 Å². The highest BCUT2D eigenvalue weighted by Crippen LogP contribution is 2.25. The first-order valence-corrected chi connectivity index (χ1v) is 7.46. The van der Waals surface area contributed by atoms with Crippen molar-refractivity contribution in [3.63, 3.8) is 0 Å². The molecule has 1 fully saturated rings. The van der Waals surface area contributed by atoms with Gasteiger partial charge in [0.2, 0.25) is 5.91 Å². The molecule has 1 aliphatic heterocycles. The maximum absolute atomic E-state index is 12.4. The minimum atomic E-state index is 0.184. The lowest BCUT2D eigenvalue weighted by Gasteiger charge is -2.40. The van der Waals surface area contributed by atoms with Gasteiger partial charge in [-0.25, -0.2) is 0 Å². The van der Waals surface area contributed by atoms with E-state index in [1.807, 2.05) is 23.1 Å². The third-order valence-electron chi connectivity index (χ3n) is 3.85. The predicted molar refractivity (Wildman–Crippen MR) is 81.6 cm³/mol. The minimum absolute atomic E-state index is 0.184. The fraction of sp³-hybridized carbons (Fsp3) is 0.562. The maximum Gasteiger partial charge on any atom is 0.224 e. The summed E-state index contributed by atoms with van der Waals surface area (Å²) in [5.41, 5.74) is 1.23. The summed E-state index contributed by atoms with van der Waals surface area (Å²) in [6, 6.07) is 10.5. The molecule has 1 atom stereocenters. The topological polar surface area (TPSA) is 35.6 Å². The van der Waals surface area contributed by atoms with Gasteiger partial charge in [-0.15, -0.1) is 0 Å². The van der Waals surface area contributed by atoms with Crippen molar-refractivity contribution in [1.82, 2.24) is 15.1 Å². The number of piperazine rings is 1. The summed E-state index contributed by atoms with van der Waals surface area (Å²) in [4.78, 5) is 16.8. The summed E-state index contributed by atoms with van der Waals surface area (Å²) in [5, 5.41) is 3.22. The van der Waals surface area contributed by atoms with Crippen molar-refractivity contribution >= 4 is 5.91 Å². The molecule has 1 heterocycles. The van der Waals surface area contributed by atoms with Gasteiger partial charge in [0.15, 0.2) is 0 Å². The molecule has 1 saturated heterocycles. The Morgan fingerprint density at radius 2 is 2.05 bits per heavy atom. The number of amides is 1. The smallest absolute Gasteiger partial charge is 0.224 e. The molecule has 1 amide bonds. The van der Waals surface area contributed by atoms with E-state index < -0.39 is 0 Å². The second-order valence-electron chi connectivity index (χ2n) is 5.38. The van der Waals surface area contributed by atoms with Crippen molar-refractivity contribution in [1.29, 1.82) is 0 Å². The van der Waals surface area contributed by atoms with Gasteiger partial charge in [-0.05, 0) is 19.2 Å². The normalized spacial score (nSPS) is 20.1. The summed E-state index contributed by atoms with van der Waals surface area (Å²) in [7, 11) is 2.12. The number of carbonyl (C=O) groups excluding carboxylic acids is 1. The Bertz CT molecular complexity index is 421. The van der Waals surface area contributed by atoms with Crippen molar-refractivity contribution in [3.8, 4) is 0 Å². The fourth-order valence-corrected chi connectivity index (χ4v) is 2.69. The molecular weight excluding hydrogens is 250 g/mol. The van der Waals surface area contributed by atoms with E-state index in [9.17, 15) is 4.79 Å². The molecule has 1 aromatic carbocycles. The zero-order chi connectivity index (χ0) is 14.4. The third kappa shape index (κ3) is 3.81. The average molecular weight is 275 g/mol. The van der Waals surface area contributed by atoms with Crippen LogP contribution < -0.4 is 5.32 Å². The van der Waals surface area contributed by atoms with Gasteiger partial charge in [-0.2, -0.15) is 0 Å². The van der Waals surface area contributed by atoms with Gasteiger partial charge in [0.1, 0.15) is 0 Å². The zero-order valence-corrected chi connectivity index (χ0v) is 12.5. The molecule has 0 spiro atoms. The minimum Gasteiger partial charge on any atom is -0.333 e. The van der Waals surface area contributed by atoms with Crippen LogP contribution in [0.25, 0.3) is 0 Å². The lowest BCUT2D eigenvalue weighted by molar-refractivity contribution is -0.136. The van der Waals surface area contributed by atoms with Crippen molar-refractivity contribution in [2.75, 3.05) is 39.8 Å². The number of hydrogen-bond acceptors (Lipinski definition) is 3. The number of benzene rings is 1. The van der Waals surface area contributed by atoms with E-state index in [4.69, 9.17) is 0 Å². The van der Waals surface area contributed by atoms with E-state index in [2.05, 4.69) is 36.3 Å². The molecule has 1 aliphatic rings. The number of likely N-dealkylation sites (N-methyl/N-ethyl adjacent to an activating group) is 1. The molecule has 0 saturated carbocycles. The largest absolute Gasteiger partial charge is 0.333 e. The number of carbonyl (C=O) groups is 1. The van der Waals surface area contributed by atoms with Gasteiger partial charge in [0.25, 0.3) is 0 Å². The van der Waals surface area contributed by atoms with Crippen LogP contribution in [0.2, 0.25) is 0 Å². The molecule has 1 unspecified atom stereocenters. The van der Waals surface area contributed by atoms with Crippen LogP contribution in [0.4, 0.5) is 0 Å². The molecule has 0 bridgehead atoms. The Morgan fingerprint density at radius 3 is 2.75 bits per heavy atom. The van der Waals surface area contributed by atoms with Crippen molar-refractivity contribution < 1.29 is 4.79 Å². The maximum atomic E-state index is 12.4. The van der Waals surface area contributed by atoms with E-state index in [0.717, 1.165) is 32.7 Å². The van der Waals surface area contributed by atoms with Gasteiger partial charge in [-0.1, -0.05) is 37.3 Å². The Morgan fingerprint density at radius 1 is 1.30 bits per heavy atom. The first kappa shape index (κ1) is 15.0. The third-order valence-corrected chi connectivity index (χ3v) is 3.85. The van der Waals surface area contributed by atoms with Crippen LogP contribution in [0.1, 0.15) is 24.9 Å². The second kappa shape index (κ2) is 7.41. The highest BCUT2D eigenvalue weighted by molar-refractivity contribution is 5.77. The fourth-order valence-electron chi connectivity index (χ4n) is 2.69. The predicted octanol–water partition coefficient (Wildman–Crippen LogP) is 1.50. The van der Waals surface area contributed by atoms with Crippen LogP contribution in [0.3, 0.4) is 0 Å². The van der Waals surface area contributed by atoms with E-state index in [1.165, 1.54) is 5.56 Å². The van der Waals surface area contributed by atoms with Gasteiger partial charge >= 0.3 is 0 Å². The summed E-state index contributed by atoms with van der Waals surface area (Å²) in [5.74, 6) is 0.257. The molecule has 0 aromatic heterocycles. The molecule has 2 rings (SSSR count). The first-order chi connectivity index (χ1) is 9.72. The van der Waals surface area contributed by atoms with Crippen LogP contribution >= 0.6 is 0 Å². The van der Waals surface area contributed by atoms with E-state index in [-0.39, 0.29) is 11.9 Å². The van der Waals surface area contributed by atoms with Gasteiger partial charge in [0.05, 0.1) is 6.04 Å². The highest BCUT2D eigenvalue weighted by Gasteiger charge is 2.29. The Balaban J connectivity index is 2.06. The number of nitrogens with zero attached hydrogens (tertiary/aromatic N) is 2. The SMILES string of the molecule is CCNCCC(=O)N1CCN(C)CC1c1ccccc1. The summed E-state index contributed by atoms with van der Waals surface area (Å²) >= 11 is 0. The number of hydrogen-bond donors (Lipinski definition) is 1. The van der Waals surface area contributed by atoms with Crippen molar-refractivity contribution in [2.24, 2.45) is 0 Å². The molecular formula is C16H25N3O. The van der Waals surface area contributed by atoms with Crippen LogP contribution in [0, 0.1) is 0 Å². The number of nitrogens with one attached hydrogen (secondary N) is 1. The van der Waals surface area contributed by atoms with E-state index >= 15 is 0 Å². The second-order valence-corrected chi connectivity index (χ2v) is 5.38. The summed E-state index contributed by atoms with van der Waals surface area (Å²) in [6.07, 6.45) is 0.584. The van der Waals surface area contributed by atoms with Gasteiger partial charge in [0, 0.05) is 32.6 Å². The molecule has 1 aromatic rings. The van der Waals surface area contributed by atoms with Gasteiger partial charge in [-0.3, -0.25) is 4.79 Å². The standard InChI is InChI=1S/C16H25N3O/c1-3-17-10-9-16(20)19-12-11-18(2)13-15(19)14-7-5-4-6-8-14/h4-8,15,17H,3,9-13H2,1-2H3. The summed E-state index contributed by atoms with van der Waals surface area (Å²) < 4.78 is 0. The average Bonchev–Trinajstić information content (AvgIpc) is 2.48. The lowest BCUT2D eigenvalue weighted by atomic mass is 10.0. The van der Waals surface area contributed by atoms with Crippen molar-refractivity contribution in [2.45, 2.75) is 19.4 Å². The molecule has 0 radical (unpaired) electrons. The molecule has 110 valence electrons. The van der Waals surface area contributed by atoms with Crippen LogP contribution in [0.15, 0.2) is 30.3 Å². The molecule has 0 aliphatic carbocycles. The molecule has 4 heteroatoms. The lowest BCUT2D eigenvalue weighted by Crippen LogP contribution is -2.49. The van der Waals surface area contributed by atoms with E-state index in [1.54, 1.807) is 0 Å². The Labute approximate surface area is 121 Å². The first-order valence-electron chi connectivity index (χ1n) is 7.46. The molecule has 1 N–H and O–H groups in total. The summed E-state index contributed by atoms with van der Waals surface area (Å²) in [6.45, 7) is 6.43. The van der Waals surface area contributed by atoms with Crippen LogP contribution in [0.5, 0.6) is 0 Å². The molecule has 20 heavy (non-hydrogen) atoms. The monoisotopic (exact) mass is 275 g/mol. The quantitative estimate of drug-likeness (QED) is 0.827.